The van der Waals surface area contributed by atoms with E-state index in [1.807, 2.05) is 0 Å². The first-order valence-electron chi connectivity index (χ1n) is 7.27. The number of hydrogen-bond donors (Lipinski definition) is 0. The van der Waals surface area contributed by atoms with Gasteiger partial charge >= 0.3 is 12.1 Å². The largest absolute Gasteiger partial charge is 0.464 e. The van der Waals surface area contributed by atoms with Gasteiger partial charge in [-0.25, -0.2) is 14.5 Å². The minimum absolute atomic E-state index is 0.0274. The summed E-state index contributed by atoms with van der Waals surface area (Å²) in [4.78, 5) is 26.2. The van der Waals surface area contributed by atoms with Gasteiger partial charge in [0.1, 0.15) is 5.60 Å². The number of carbonyl (C=O) groups is 2. The van der Waals surface area contributed by atoms with Crippen LogP contribution in [0.15, 0.2) is 0 Å². The summed E-state index contributed by atoms with van der Waals surface area (Å²) in [5.41, 5.74) is -1.55. The second kappa shape index (κ2) is 7.06. The molecule has 0 saturated carbocycles. The van der Waals surface area contributed by atoms with Crippen LogP contribution in [-0.2, 0) is 19.0 Å². The van der Waals surface area contributed by atoms with Crippen LogP contribution in [0.1, 0.15) is 27.7 Å². The van der Waals surface area contributed by atoms with E-state index in [0.29, 0.717) is 11.5 Å². The first kappa shape index (κ1) is 18.7. The maximum atomic E-state index is 12.5. The molecule has 0 aromatic heterocycles. The molecule has 2 aliphatic rings. The van der Waals surface area contributed by atoms with E-state index in [0.717, 1.165) is 9.98 Å². The molecule has 130 valence electrons. The van der Waals surface area contributed by atoms with Gasteiger partial charge in [-0.15, -0.1) is 23.5 Å². The van der Waals surface area contributed by atoms with Crippen LogP contribution in [-0.4, -0.2) is 62.6 Å². The van der Waals surface area contributed by atoms with Crippen LogP contribution in [0.5, 0.6) is 0 Å². The Balaban J connectivity index is 2.32. The Hall–Kier alpha value is -0.670. The lowest BCUT2D eigenvalue weighted by Crippen LogP contribution is -2.57. The molecule has 0 bridgehead atoms. The lowest BCUT2D eigenvalue weighted by Gasteiger charge is -2.35. The molecule has 1 atom stereocenters. The van der Waals surface area contributed by atoms with Crippen molar-refractivity contribution in [1.82, 2.24) is 4.90 Å². The Kier molecular flexibility index (Phi) is 5.73. The fraction of sp³-hybridized carbons (Fsp3) is 0.786. The van der Waals surface area contributed by atoms with E-state index in [-0.39, 0.29) is 11.8 Å². The smallest absolute Gasteiger partial charge is 0.418 e. The highest BCUT2D eigenvalue weighted by Crippen LogP contribution is 2.41. The number of esters is 1. The maximum absolute atomic E-state index is 12.5. The van der Waals surface area contributed by atoms with Crippen molar-refractivity contribution in [1.29, 1.82) is 0 Å². The number of rotatable bonds is 2. The van der Waals surface area contributed by atoms with Crippen LogP contribution in [0.25, 0.3) is 0 Å². The Morgan fingerprint density at radius 3 is 2.52 bits per heavy atom. The van der Waals surface area contributed by atoms with Crippen molar-refractivity contribution in [3.05, 3.63) is 0 Å². The molecule has 2 fully saturated rings. The molecule has 0 radical (unpaired) electrons. The van der Waals surface area contributed by atoms with Crippen LogP contribution in [0.4, 0.5) is 4.79 Å². The summed E-state index contributed by atoms with van der Waals surface area (Å²) in [5, 5.41) is 0.889. The van der Waals surface area contributed by atoms with Gasteiger partial charge in [-0.2, -0.15) is 0 Å². The Morgan fingerprint density at radius 1 is 1.39 bits per heavy atom. The Morgan fingerprint density at radius 2 is 2.00 bits per heavy atom. The van der Waals surface area contributed by atoms with Gasteiger partial charge < -0.3 is 14.2 Å². The molecule has 6 nitrogen and oxygen atoms in total. The van der Waals surface area contributed by atoms with Gasteiger partial charge in [-0.05, 0) is 39.9 Å². The zero-order chi connectivity index (χ0) is 17.3. The lowest BCUT2D eigenvalue weighted by atomic mass is 9.98. The summed E-state index contributed by atoms with van der Waals surface area (Å²) >= 11 is 8.52. The van der Waals surface area contributed by atoms with E-state index >= 15 is 0 Å². The van der Waals surface area contributed by atoms with Gasteiger partial charge in [-0.1, -0.05) is 0 Å². The van der Waals surface area contributed by atoms with Crippen molar-refractivity contribution in [3.63, 3.8) is 0 Å². The van der Waals surface area contributed by atoms with Gasteiger partial charge in [-0.3, -0.25) is 0 Å². The number of ether oxygens (including phenoxy) is 3. The molecule has 23 heavy (non-hydrogen) atoms. The van der Waals surface area contributed by atoms with Crippen molar-refractivity contribution in [2.24, 2.45) is 0 Å². The third-order valence-corrected chi connectivity index (χ3v) is 6.20. The van der Waals surface area contributed by atoms with Crippen molar-refractivity contribution < 1.29 is 23.8 Å². The first-order valence-corrected chi connectivity index (χ1v) is 9.99. The summed E-state index contributed by atoms with van der Waals surface area (Å²) < 4.78 is 16.4. The molecule has 2 saturated heterocycles. The van der Waals surface area contributed by atoms with Crippen LogP contribution in [0.2, 0.25) is 0 Å². The van der Waals surface area contributed by atoms with Crippen molar-refractivity contribution in [2.75, 3.05) is 23.2 Å². The maximum Gasteiger partial charge on any atom is 0.418 e. The van der Waals surface area contributed by atoms with E-state index in [9.17, 15) is 9.59 Å². The van der Waals surface area contributed by atoms with Crippen LogP contribution >= 0.6 is 35.7 Å². The van der Waals surface area contributed by atoms with Crippen LogP contribution in [0.3, 0.4) is 0 Å². The molecule has 0 aliphatic carbocycles. The molecule has 2 aliphatic heterocycles. The van der Waals surface area contributed by atoms with Gasteiger partial charge in [0.2, 0.25) is 0 Å². The van der Waals surface area contributed by atoms with Crippen LogP contribution < -0.4 is 0 Å². The van der Waals surface area contributed by atoms with E-state index in [1.54, 1.807) is 51.2 Å². The van der Waals surface area contributed by atoms with Crippen molar-refractivity contribution in [2.45, 2.75) is 44.9 Å². The Bertz CT molecular complexity index is 499. The fourth-order valence-corrected chi connectivity index (χ4v) is 5.34. The van der Waals surface area contributed by atoms with E-state index in [2.05, 4.69) is 0 Å². The SMILES string of the molecule is CCOC(=O)C1N(C(=O)OC(C)(C)C)C(=S)OC12CSCSC2. The zero-order valence-corrected chi connectivity index (χ0v) is 16.1. The quantitative estimate of drug-likeness (QED) is 0.536. The van der Waals surface area contributed by atoms with Gasteiger partial charge in [0, 0.05) is 16.6 Å². The molecule has 0 aromatic carbocycles. The second-order valence-corrected chi connectivity index (χ2v) is 8.94. The van der Waals surface area contributed by atoms with Crippen LogP contribution in [0, 0.1) is 0 Å². The summed E-state index contributed by atoms with van der Waals surface area (Å²) in [7, 11) is 0. The topological polar surface area (TPSA) is 65.1 Å². The molecular formula is C14H21NO5S3. The highest BCUT2D eigenvalue weighted by Gasteiger charge is 2.60. The average Bonchev–Trinajstić information content (AvgIpc) is 2.70. The number of thiocarbonyl (C=S) groups is 1. The third-order valence-electron chi connectivity index (χ3n) is 3.20. The van der Waals surface area contributed by atoms with Gasteiger partial charge in [0.05, 0.1) is 6.61 Å². The fourth-order valence-electron chi connectivity index (χ4n) is 2.40. The monoisotopic (exact) mass is 379 g/mol. The van der Waals surface area contributed by atoms with Crippen molar-refractivity contribution in [3.8, 4) is 0 Å². The minimum atomic E-state index is -0.912. The third kappa shape index (κ3) is 4.06. The summed E-state index contributed by atoms with van der Waals surface area (Å²) in [6, 6.07) is -0.912. The predicted octanol–water partition coefficient (Wildman–Crippen LogP) is 2.65. The van der Waals surface area contributed by atoms with E-state index in [4.69, 9.17) is 26.4 Å². The van der Waals surface area contributed by atoms with E-state index in [1.165, 1.54) is 0 Å². The molecule has 0 N–H and O–H groups in total. The van der Waals surface area contributed by atoms with Crippen molar-refractivity contribution >= 4 is 53.0 Å². The highest BCUT2D eigenvalue weighted by atomic mass is 32.2. The number of carbonyl (C=O) groups excluding carboxylic acids is 2. The molecular weight excluding hydrogens is 358 g/mol. The number of amides is 1. The first-order chi connectivity index (χ1) is 10.7. The molecule has 2 heterocycles. The highest BCUT2D eigenvalue weighted by molar-refractivity contribution is 8.16. The minimum Gasteiger partial charge on any atom is -0.464 e. The zero-order valence-electron chi connectivity index (χ0n) is 13.6. The predicted molar refractivity (Wildman–Crippen MR) is 94.7 cm³/mol. The number of hydrogen-bond acceptors (Lipinski definition) is 8. The summed E-state index contributed by atoms with van der Waals surface area (Å²) in [5.74, 6) is 0.632. The normalized spacial score (nSPS) is 23.6. The van der Waals surface area contributed by atoms with Gasteiger partial charge in [0.25, 0.3) is 5.17 Å². The number of thioether (sulfide) groups is 2. The Labute approximate surface area is 150 Å². The lowest BCUT2D eigenvalue weighted by molar-refractivity contribution is -0.150. The molecule has 1 amide bonds. The second-order valence-electron chi connectivity index (χ2n) is 6.25. The van der Waals surface area contributed by atoms with E-state index < -0.39 is 29.3 Å². The van der Waals surface area contributed by atoms with Gasteiger partial charge in [0.15, 0.2) is 11.6 Å². The molecule has 1 spiro atoms. The summed E-state index contributed by atoms with van der Waals surface area (Å²) in [6.07, 6.45) is -0.682. The number of nitrogens with zero attached hydrogens (tertiary/aromatic N) is 1. The molecule has 9 heteroatoms. The summed E-state index contributed by atoms with van der Waals surface area (Å²) in [6.45, 7) is 7.21. The molecule has 2 rings (SSSR count). The molecule has 0 aromatic rings. The average molecular weight is 380 g/mol. The standard InChI is InChI=1S/C14H21NO5S3/c1-5-18-10(16)9-14(6-22-8-23-7-14)20-12(21)15(9)11(17)19-13(2,3)4/h9H,5-8H2,1-4H3. The molecule has 1 unspecified atom stereocenters.